The minimum Gasteiger partial charge on any atom is -0.389 e. The lowest BCUT2D eigenvalue weighted by Crippen LogP contribution is -2.58. The van der Waals surface area contributed by atoms with Crippen LogP contribution >= 0.6 is 0 Å². The Kier molecular flexibility index (Phi) is 5.93. The van der Waals surface area contributed by atoms with Gasteiger partial charge in [0.1, 0.15) is 6.04 Å². The topological polar surface area (TPSA) is 86.7 Å². The van der Waals surface area contributed by atoms with E-state index in [0.717, 1.165) is 31.2 Å². The molecule has 0 bridgehead atoms. The van der Waals surface area contributed by atoms with Crippen LogP contribution in [0.5, 0.6) is 0 Å². The predicted octanol–water partition coefficient (Wildman–Crippen LogP) is 2.21. The molecule has 0 spiro atoms. The molecule has 1 aliphatic carbocycles. The van der Waals surface area contributed by atoms with Crippen LogP contribution in [0.15, 0.2) is 29.2 Å². The molecule has 3 atom stereocenters. The Balaban J connectivity index is 1.70. The quantitative estimate of drug-likeness (QED) is 0.802. The summed E-state index contributed by atoms with van der Waals surface area (Å²) in [5.41, 5.74) is 0.323. The maximum Gasteiger partial charge on any atom is 0.241 e. The van der Waals surface area contributed by atoms with Gasteiger partial charge in [0, 0.05) is 19.0 Å². The molecule has 150 valence electrons. The second-order valence-electron chi connectivity index (χ2n) is 7.98. The number of nitrogens with zero attached hydrogens (tertiary/aromatic N) is 1. The monoisotopic (exact) mass is 394 g/mol. The summed E-state index contributed by atoms with van der Waals surface area (Å²) in [5, 5.41) is 10.8. The molecule has 1 aromatic carbocycles. The fourth-order valence-electron chi connectivity index (χ4n) is 4.27. The molecule has 1 amide bonds. The number of likely N-dealkylation sites (tertiary alicyclic amines) is 1. The molecule has 0 aromatic heterocycles. The molecule has 2 aliphatic rings. The van der Waals surface area contributed by atoms with Crippen molar-refractivity contribution < 1.29 is 18.3 Å². The molecule has 7 heteroatoms. The highest BCUT2D eigenvalue weighted by Crippen LogP contribution is 2.39. The third kappa shape index (κ3) is 4.36. The number of aryl methyl sites for hydroxylation is 1. The Morgan fingerprint density at radius 2 is 2.00 bits per heavy atom. The summed E-state index contributed by atoms with van der Waals surface area (Å²) in [6.45, 7) is 4.69. The van der Waals surface area contributed by atoms with Crippen LogP contribution < -0.4 is 4.72 Å². The third-order valence-corrected chi connectivity index (χ3v) is 7.56. The Labute approximate surface area is 162 Å². The summed E-state index contributed by atoms with van der Waals surface area (Å²) in [6, 6.07) is 5.80. The maximum absolute atomic E-state index is 13.0. The van der Waals surface area contributed by atoms with E-state index in [-0.39, 0.29) is 16.7 Å². The molecule has 1 saturated heterocycles. The highest BCUT2D eigenvalue weighted by atomic mass is 32.2. The molecule has 2 N–H and O–H groups in total. The average Bonchev–Trinajstić information content (AvgIpc) is 2.65. The van der Waals surface area contributed by atoms with Crippen LogP contribution in [0.1, 0.15) is 51.0 Å². The van der Waals surface area contributed by atoms with Crippen LogP contribution in [-0.4, -0.2) is 49.1 Å². The van der Waals surface area contributed by atoms with Gasteiger partial charge in [0.25, 0.3) is 0 Å². The molecule has 0 radical (unpaired) electrons. The van der Waals surface area contributed by atoms with Gasteiger partial charge in [0.15, 0.2) is 0 Å². The van der Waals surface area contributed by atoms with Crippen LogP contribution in [0.3, 0.4) is 0 Å². The molecule has 3 rings (SSSR count). The normalized spacial score (nSPS) is 27.1. The van der Waals surface area contributed by atoms with E-state index in [1.54, 1.807) is 36.1 Å². The van der Waals surface area contributed by atoms with Gasteiger partial charge in [0.05, 0.1) is 10.5 Å². The van der Waals surface area contributed by atoms with Crippen molar-refractivity contribution >= 4 is 15.9 Å². The second-order valence-corrected chi connectivity index (χ2v) is 9.69. The van der Waals surface area contributed by atoms with E-state index in [4.69, 9.17) is 0 Å². The highest BCUT2D eigenvalue weighted by Gasteiger charge is 2.44. The van der Waals surface area contributed by atoms with Gasteiger partial charge in [-0.05, 0) is 44.7 Å². The molecule has 2 fully saturated rings. The number of benzene rings is 1. The van der Waals surface area contributed by atoms with Crippen molar-refractivity contribution in [2.45, 2.75) is 68.9 Å². The summed E-state index contributed by atoms with van der Waals surface area (Å²) >= 11 is 0. The van der Waals surface area contributed by atoms with Crippen LogP contribution in [0, 0.1) is 12.8 Å². The smallest absolute Gasteiger partial charge is 0.241 e. The number of fused-ring (bicyclic) bond motifs is 1. The number of hydrogen-bond acceptors (Lipinski definition) is 4. The first-order chi connectivity index (χ1) is 12.7. The van der Waals surface area contributed by atoms with Gasteiger partial charge in [-0.15, -0.1) is 0 Å². The first kappa shape index (κ1) is 20.3. The molecular weight excluding hydrogens is 364 g/mol. The summed E-state index contributed by atoms with van der Waals surface area (Å²) < 4.78 is 27.9. The fraction of sp³-hybridized carbons (Fsp3) is 0.650. The SMILES string of the molecule is CC[C@@H](NS(=O)(=O)c1ccc(C)cc1)C(=O)N1CC[C@]2(O)CCCC[C@@H]2C1. The van der Waals surface area contributed by atoms with E-state index < -0.39 is 21.7 Å². The van der Waals surface area contributed by atoms with E-state index in [1.807, 2.05) is 6.92 Å². The van der Waals surface area contributed by atoms with Gasteiger partial charge in [-0.3, -0.25) is 4.79 Å². The lowest BCUT2D eigenvalue weighted by Gasteiger charge is -2.47. The number of aliphatic hydroxyl groups is 1. The number of amides is 1. The Morgan fingerprint density at radius 1 is 1.30 bits per heavy atom. The largest absolute Gasteiger partial charge is 0.389 e. The van der Waals surface area contributed by atoms with Crippen molar-refractivity contribution in [3.63, 3.8) is 0 Å². The number of hydrogen-bond donors (Lipinski definition) is 2. The summed E-state index contributed by atoms with van der Waals surface area (Å²) in [4.78, 5) is 14.9. The van der Waals surface area contributed by atoms with Gasteiger partial charge in [0.2, 0.25) is 15.9 Å². The van der Waals surface area contributed by atoms with Gasteiger partial charge < -0.3 is 10.0 Å². The van der Waals surface area contributed by atoms with Crippen LogP contribution in [-0.2, 0) is 14.8 Å². The highest BCUT2D eigenvalue weighted by molar-refractivity contribution is 7.89. The van der Waals surface area contributed by atoms with E-state index >= 15 is 0 Å². The lowest BCUT2D eigenvalue weighted by atomic mass is 9.71. The summed E-state index contributed by atoms with van der Waals surface area (Å²) in [7, 11) is -3.75. The lowest BCUT2D eigenvalue weighted by molar-refractivity contribution is -0.145. The predicted molar refractivity (Wildman–Crippen MR) is 104 cm³/mol. The molecule has 1 saturated carbocycles. The zero-order valence-electron chi connectivity index (χ0n) is 16.1. The molecule has 27 heavy (non-hydrogen) atoms. The number of piperidine rings is 1. The van der Waals surface area contributed by atoms with Crippen molar-refractivity contribution in [1.82, 2.24) is 9.62 Å². The summed E-state index contributed by atoms with van der Waals surface area (Å²) in [6.07, 6.45) is 4.80. The van der Waals surface area contributed by atoms with E-state index in [0.29, 0.717) is 25.9 Å². The zero-order chi connectivity index (χ0) is 19.7. The summed E-state index contributed by atoms with van der Waals surface area (Å²) in [5.74, 6) is -0.101. The number of nitrogens with one attached hydrogen (secondary N) is 1. The van der Waals surface area contributed by atoms with Crippen LogP contribution in [0.25, 0.3) is 0 Å². The van der Waals surface area contributed by atoms with E-state index in [9.17, 15) is 18.3 Å². The van der Waals surface area contributed by atoms with Gasteiger partial charge >= 0.3 is 0 Å². The van der Waals surface area contributed by atoms with Gasteiger partial charge in [-0.1, -0.05) is 37.5 Å². The number of sulfonamides is 1. The van der Waals surface area contributed by atoms with Crippen LogP contribution in [0.2, 0.25) is 0 Å². The van der Waals surface area contributed by atoms with Crippen molar-refractivity contribution in [3.8, 4) is 0 Å². The Hall–Kier alpha value is -1.44. The molecule has 1 heterocycles. The Bertz CT molecular complexity index is 778. The maximum atomic E-state index is 13.0. The Morgan fingerprint density at radius 3 is 2.67 bits per heavy atom. The minimum absolute atomic E-state index is 0.0927. The van der Waals surface area contributed by atoms with Crippen LogP contribution in [0.4, 0.5) is 0 Å². The van der Waals surface area contributed by atoms with Gasteiger partial charge in [-0.25, -0.2) is 8.42 Å². The second kappa shape index (κ2) is 7.89. The number of rotatable bonds is 5. The minimum atomic E-state index is -3.75. The number of carbonyl (C=O) groups is 1. The first-order valence-corrected chi connectivity index (χ1v) is 11.3. The van der Waals surface area contributed by atoms with Crippen molar-refractivity contribution in [2.24, 2.45) is 5.92 Å². The molecule has 0 unspecified atom stereocenters. The molecular formula is C20H30N2O4S. The third-order valence-electron chi connectivity index (χ3n) is 6.07. The number of carbonyl (C=O) groups excluding carboxylic acids is 1. The van der Waals surface area contributed by atoms with E-state index in [2.05, 4.69) is 4.72 Å². The fourth-order valence-corrected chi connectivity index (χ4v) is 5.55. The average molecular weight is 395 g/mol. The van der Waals surface area contributed by atoms with Crippen molar-refractivity contribution in [3.05, 3.63) is 29.8 Å². The van der Waals surface area contributed by atoms with Gasteiger partial charge in [-0.2, -0.15) is 4.72 Å². The molecule has 1 aliphatic heterocycles. The standard InChI is InChI=1S/C20H30N2O4S/c1-3-18(21-27(25,26)17-9-7-15(2)8-10-17)19(23)22-13-12-20(24)11-5-4-6-16(20)14-22/h7-10,16,18,21,24H,3-6,11-14H2,1-2H3/t16-,18-,20-/m1/s1. The first-order valence-electron chi connectivity index (χ1n) is 9.85. The van der Waals surface area contributed by atoms with Crippen molar-refractivity contribution in [1.29, 1.82) is 0 Å². The van der Waals surface area contributed by atoms with E-state index in [1.165, 1.54) is 0 Å². The zero-order valence-corrected chi connectivity index (χ0v) is 17.0. The molecule has 6 nitrogen and oxygen atoms in total. The van der Waals surface area contributed by atoms with Crippen molar-refractivity contribution in [2.75, 3.05) is 13.1 Å². The molecule has 1 aromatic rings.